The third kappa shape index (κ3) is 5.01. The number of ether oxygens (including phenoxy) is 1. The van der Waals surface area contributed by atoms with Crippen LogP contribution in [-0.2, 0) is 6.54 Å². The smallest absolute Gasteiger partial charge is 0.121 e. The van der Waals surface area contributed by atoms with Crippen LogP contribution in [0, 0.1) is 12.8 Å². The predicted octanol–water partition coefficient (Wildman–Crippen LogP) is 3.21. The van der Waals surface area contributed by atoms with Gasteiger partial charge in [-0.3, -0.25) is 4.90 Å². The fraction of sp³-hybridized carbons (Fsp3) is 0.667. The fourth-order valence-electron chi connectivity index (χ4n) is 3.24. The lowest BCUT2D eigenvalue weighted by molar-refractivity contribution is 0.216. The molecule has 0 radical (unpaired) electrons. The third-order valence-corrected chi connectivity index (χ3v) is 4.13. The van der Waals surface area contributed by atoms with Gasteiger partial charge in [-0.05, 0) is 49.4 Å². The fourth-order valence-corrected chi connectivity index (χ4v) is 3.24. The third-order valence-electron chi connectivity index (χ3n) is 4.13. The number of nitrogens with zero attached hydrogens (tertiary/aromatic N) is 1. The van der Waals surface area contributed by atoms with Crippen molar-refractivity contribution in [1.29, 1.82) is 0 Å². The number of rotatable bonds is 7. The molecule has 0 saturated carbocycles. The minimum Gasteiger partial charge on any atom is -0.496 e. The van der Waals surface area contributed by atoms with Crippen LogP contribution < -0.4 is 10.1 Å². The molecule has 0 amide bonds. The lowest BCUT2D eigenvalue weighted by atomic mass is 10.1. The first-order valence-electron chi connectivity index (χ1n) is 8.17. The molecule has 0 spiro atoms. The number of hydrogen-bond acceptors (Lipinski definition) is 3. The van der Waals surface area contributed by atoms with E-state index in [1.807, 2.05) is 0 Å². The van der Waals surface area contributed by atoms with Gasteiger partial charge in [0.05, 0.1) is 7.11 Å². The van der Waals surface area contributed by atoms with Crippen LogP contribution in [-0.4, -0.2) is 37.7 Å². The first kappa shape index (κ1) is 16.3. The SMILES string of the molecule is COc1ccc(CN(CC(C)C)CC2CCCN2)cc1C. The molecular formula is C18H30N2O. The van der Waals surface area contributed by atoms with Gasteiger partial charge in [-0.2, -0.15) is 0 Å². The van der Waals surface area contributed by atoms with Crippen LogP contribution in [0.25, 0.3) is 0 Å². The number of aryl methyl sites for hydroxylation is 1. The van der Waals surface area contributed by atoms with Crippen molar-refractivity contribution in [3.63, 3.8) is 0 Å². The highest BCUT2D eigenvalue weighted by Crippen LogP contribution is 2.20. The van der Waals surface area contributed by atoms with E-state index >= 15 is 0 Å². The number of methoxy groups -OCH3 is 1. The average Bonchev–Trinajstić information content (AvgIpc) is 2.91. The monoisotopic (exact) mass is 290 g/mol. The predicted molar refractivity (Wildman–Crippen MR) is 88.9 cm³/mol. The van der Waals surface area contributed by atoms with Crippen LogP contribution in [0.1, 0.15) is 37.8 Å². The van der Waals surface area contributed by atoms with Gasteiger partial charge in [-0.25, -0.2) is 0 Å². The van der Waals surface area contributed by atoms with Crippen molar-refractivity contribution in [3.05, 3.63) is 29.3 Å². The Kier molecular flexibility index (Phi) is 6.07. The van der Waals surface area contributed by atoms with Gasteiger partial charge >= 0.3 is 0 Å². The molecule has 1 aliphatic heterocycles. The van der Waals surface area contributed by atoms with E-state index in [0.717, 1.165) is 25.4 Å². The highest BCUT2D eigenvalue weighted by atomic mass is 16.5. The standard InChI is InChI=1S/C18H30N2O/c1-14(2)11-20(13-17-6-5-9-19-17)12-16-7-8-18(21-4)15(3)10-16/h7-8,10,14,17,19H,5-6,9,11-13H2,1-4H3. The molecule has 1 atom stereocenters. The van der Waals surface area contributed by atoms with E-state index in [2.05, 4.69) is 49.2 Å². The first-order valence-corrected chi connectivity index (χ1v) is 8.17. The van der Waals surface area contributed by atoms with E-state index in [0.29, 0.717) is 12.0 Å². The van der Waals surface area contributed by atoms with Crippen molar-refractivity contribution in [2.75, 3.05) is 26.7 Å². The van der Waals surface area contributed by atoms with Crippen LogP contribution in [0.2, 0.25) is 0 Å². The maximum absolute atomic E-state index is 5.35. The molecule has 0 aromatic heterocycles. The van der Waals surface area contributed by atoms with Gasteiger partial charge < -0.3 is 10.1 Å². The summed E-state index contributed by atoms with van der Waals surface area (Å²) in [5, 5.41) is 3.61. The summed E-state index contributed by atoms with van der Waals surface area (Å²) in [7, 11) is 1.73. The Balaban J connectivity index is 2.00. The summed E-state index contributed by atoms with van der Waals surface area (Å²) in [5.41, 5.74) is 2.60. The molecule has 1 aliphatic rings. The molecule has 1 aromatic rings. The zero-order chi connectivity index (χ0) is 15.2. The summed E-state index contributed by atoms with van der Waals surface area (Å²) in [4.78, 5) is 2.59. The summed E-state index contributed by atoms with van der Waals surface area (Å²) >= 11 is 0. The zero-order valence-electron chi connectivity index (χ0n) is 14.0. The highest BCUT2D eigenvalue weighted by Gasteiger charge is 2.18. The van der Waals surface area contributed by atoms with Crippen molar-refractivity contribution in [2.45, 2.75) is 46.2 Å². The molecule has 0 aliphatic carbocycles. The lowest BCUT2D eigenvalue weighted by Gasteiger charge is -2.27. The molecule has 2 rings (SSSR count). The summed E-state index contributed by atoms with van der Waals surface area (Å²) in [5.74, 6) is 1.68. The molecule has 1 saturated heterocycles. The quantitative estimate of drug-likeness (QED) is 0.834. The molecule has 1 unspecified atom stereocenters. The molecule has 3 nitrogen and oxygen atoms in total. The molecule has 1 N–H and O–H groups in total. The van der Waals surface area contributed by atoms with Crippen LogP contribution in [0.15, 0.2) is 18.2 Å². The molecule has 0 bridgehead atoms. The normalized spacial score (nSPS) is 18.7. The number of benzene rings is 1. The van der Waals surface area contributed by atoms with Gasteiger partial charge in [0.1, 0.15) is 5.75 Å². The molecule has 1 heterocycles. The minimum absolute atomic E-state index is 0.670. The maximum Gasteiger partial charge on any atom is 0.121 e. The summed E-state index contributed by atoms with van der Waals surface area (Å²) < 4.78 is 5.35. The Bertz CT molecular complexity index is 439. The Morgan fingerprint density at radius 3 is 2.76 bits per heavy atom. The van der Waals surface area contributed by atoms with Crippen molar-refractivity contribution in [3.8, 4) is 5.75 Å². The summed E-state index contributed by atoms with van der Waals surface area (Å²) in [6.07, 6.45) is 2.64. The molecule has 1 fully saturated rings. The van der Waals surface area contributed by atoms with Crippen molar-refractivity contribution in [1.82, 2.24) is 10.2 Å². The van der Waals surface area contributed by atoms with E-state index in [-0.39, 0.29) is 0 Å². The Labute approximate surface area is 129 Å². The molecular weight excluding hydrogens is 260 g/mol. The molecule has 3 heteroatoms. The Morgan fingerprint density at radius 2 is 2.19 bits per heavy atom. The van der Waals surface area contributed by atoms with E-state index in [9.17, 15) is 0 Å². The zero-order valence-corrected chi connectivity index (χ0v) is 14.0. The van der Waals surface area contributed by atoms with E-state index in [4.69, 9.17) is 4.74 Å². The highest BCUT2D eigenvalue weighted by molar-refractivity contribution is 5.36. The largest absolute Gasteiger partial charge is 0.496 e. The van der Waals surface area contributed by atoms with E-state index in [1.54, 1.807) is 7.11 Å². The van der Waals surface area contributed by atoms with E-state index < -0.39 is 0 Å². The molecule has 21 heavy (non-hydrogen) atoms. The van der Waals surface area contributed by atoms with E-state index in [1.165, 1.54) is 30.5 Å². The first-order chi connectivity index (χ1) is 10.1. The van der Waals surface area contributed by atoms with Gasteiger partial charge in [0, 0.05) is 25.7 Å². The second kappa shape index (κ2) is 7.81. The van der Waals surface area contributed by atoms with Crippen LogP contribution in [0.5, 0.6) is 5.75 Å². The molecule has 118 valence electrons. The Hall–Kier alpha value is -1.06. The summed E-state index contributed by atoms with van der Waals surface area (Å²) in [6, 6.07) is 7.21. The van der Waals surface area contributed by atoms with Gasteiger partial charge in [0.2, 0.25) is 0 Å². The minimum atomic E-state index is 0.670. The second-order valence-electron chi connectivity index (χ2n) is 6.69. The van der Waals surface area contributed by atoms with Crippen LogP contribution in [0.3, 0.4) is 0 Å². The van der Waals surface area contributed by atoms with Crippen LogP contribution >= 0.6 is 0 Å². The van der Waals surface area contributed by atoms with Crippen molar-refractivity contribution < 1.29 is 4.74 Å². The van der Waals surface area contributed by atoms with Crippen molar-refractivity contribution >= 4 is 0 Å². The van der Waals surface area contributed by atoms with Gasteiger partial charge in [-0.1, -0.05) is 26.0 Å². The second-order valence-corrected chi connectivity index (χ2v) is 6.69. The number of nitrogens with one attached hydrogen (secondary N) is 1. The van der Waals surface area contributed by atoms with Gasteiger partial charge in [-0.15, -0.1) is 0 Å². The Morgan fingerprint density at radius 1 is 1.38 bits per heavy atom. The van der Waals surface area contributed by atoms with Crippen LogP contribution in [0.4, 0.5) is 0 Å². The van der Waals surface area contributed by atoms with Gasteiger partial charge in [0.15, 0.2) is 0 Å². The molecule has 1 aromatic carbocycles. The average molecular weight is 290 g/mol. The van der Waals surface area contributed by atoms with Gasteiger partial charge in [0.25, 0.3) is 0 Å². The topological polar surface area (TPSA) is 24.5 Å². The number of hydrogen-bond donors (Lipinski definition) is 1. The lowest BCUT2D eigenvalue weighted by Crippen LogP contribution is -2.38. The summed E-state index contributed by atoms with van der Waals surface area (Å²) in [6.45, 7) is 11.2. The van der Waals surface area contributed by atoms with Crippen molar-refractivity contribution in [2.24, 2.45) is 5.92 Å². The maximum atomic E-state index is 5.35.